The molecule has 0 aliphatic rings. The van der Waals surface area contributed by atoms with Crippen LogP contribution >= 0.6 is 0 Å². The number of rotatable bonds is 7. The number of ketones is 1. The van der Waals surface area contributed by atoms with Gasteiger partial charge in [-0.2, -0.15) is 0 Å². The van der Waals surface area contributed by atoms with Gasteiger partial charge in [0.15, 0.2) is 5.78 Å². The topological polar surface area (TPSA) is 73.4 Å². The normalized spacial score (nSPS) is 10.7. The van der Waals surface area contributed by atoms with E-state index in [-0.39, 0.29) is 18.3 Å². The molecule has 0 fully saturated rings. The third kappa shape index (κ3) is 3.48. The van der Waals surface area contributed by atoms with E-state index in [1.165, 1.54) is 6.92 Å². The van der Waals surface area contributed by atoms with Crippen LogP contribution in [0.25, 0.3) is 0 Å². The number of carbonyl (C=O) groups is 2. The Bertz CT molecular complexity index is 492. The number of nitrogens with one attached hydrogen (secondary N) is 1. The summed E-state index contributed by atoms with van der Waals surface area (Å²) in [5.41, 5.74) is 2.46. The number of H-pyrrole nitrogens is 1. The first-order valence-corrected chi connectivity index (χ1v) is 7.04. The number of hydrogen-bond acceptors (Lipinski definition) is 3. The largest absolute Gasteiger partial charge is 0.395 e. The van der Waals surface area contributed by atoms with Crippen LogP contribution in [-0.4, -0.2) is 46.4 Å². The number of Topliss-reactive ketones (excluding diaryl/α,β-unsaturated/α-hetero) is 1. The molecule has 0 aromatic carbocycles. The molecule has 0 saturated carbocycles. The van der Waals surface area contributed by atoms with Crippen molar-refractivity contribution in [1.82, 2.24) is 9.88 Å². The monoisotopic (exact) mass is 280 g/mol. The Hall–Kier alpha value is -1.62. The van der Waals surface area contributed by atoms with Crippen molar-refractivity contribution in [2.24, 2.45) is 0 Å². The van der Waals surface area contributed by atoms with Gasteiger partial charge in [-0.3, -0.25) is 9.59 Å². The summed E-state index contributed by atoms with van der Waals surface area (Å²) < 4.78 is 0. The van der Waals surface area contributed by atoms with Gasteiger partial charge in [0.1, 0.15) is 5.69 Å². The van der Waals surface area contributed by atoms with Crippen molar-refractivity contribution in [1.29, 1.82) is 0 Å². The number of aromatic amines is 1. The van der Waals surface area contributed by atoms with E-state index in [0.717, 1.165) is 18.5 Å². The highest BCUT2D eigenvalue weighted by atomic mass is 16.3. The minimum Gasteiger partial charge on any atom is -0.395 e. The summed E-state index contributed by atoms with van der Waals surface area (Å²) in [4.78, 5) is 28.8. The molecule has 0 aliphatic carbocycles. The van der Waals surface area contributed by atoms with Crippen LogP contribution in [0.15, 0.2) is 0 Å². The fraction of sp³-hybridized carbons (Fsp3) is 0.600. The predicted molar refractivity (Wildman–Crippen MR) is 78.2 cm³/mol. The average molecular weight is 280 g/mol. The van der Waals surface area contributed by atoms with Crippen LogP contribution in [0.3, 0.4) is 0 Å². The van der Waals surface area contributed by atoms with Crippen LogP contribution in [0.2, 0.25) is 0 Å². The summed E-state index contributed by atoms with van der Waals surface area (Å²) in [6.07, 6.45) is 1.88. The zero-order chi connectivity index (χ0) is 15.3. The Balaban J connectivity index is 3.05. The maximum Gasteiger partial charge on any atom is 0.270 e. The van der Waals surface area contributed by atoms with Gasteiger partial charge in [0.25, 0.3) is 5.91 Å². The van der Waals surface area contributed by atoms with Gasteiger partial charge in [0, 0.05) is 24.3 Å². The molecule has 5 heteroatoms. The van der Waals surface area contributed by atoms with Crippen LogP contribution in [0.1, 0.15) is 58.8 Å². The van der Waals surface area contributed by atoms with Crippen LogP contribution in [0.5, 0.6) is 0 Å². The molecule has 0 spiro atoms. The SMILES string of the molecule is CCCCN(CCO)C(=O)c1[nH]c(C)c(C(C)=O)c1C. The van der Waals surface area contributed by atoms with E-state index in [4.69, 9.17) is 5.11 Å². The summed E-state index contributed by atoms with van der Waals surface area (Å²) >= 11 is 0. The first kappa shape index (κ1) is 16.4. The lowest BCUT2D eigenvalue weighted by atomic mass is 10.1. The van der Waals surface area contributed by atoms with Crippen molar-refractivity contribution in [3.63, 3.8) is 0 Å². The van der Waals surface area contributed by atoms with E-state index in [2.05, 4.69) is 11.9 Å². The Labute approximate surface area is 120 Å². The molecular formula is C15H24N2O3. The molecule has 1 aromatic rings. The number of aliphatic hydroxyl groups excluding tert-OH is 1. The number of aromatic nitrogens is 1. The van der Waals surface area contributed by atoms with Crippen molar-refractivity contribution in [2.45, 2.75) is 40.5 Å². The van der Waals surface area contributed by atoms with Crippen molar-refractivity contribution in [3.05, 3.63) is 22.5 Å². The zero-order valence-corrected chi connectivity index (χ0v) is 12.7. The number of hydrogen-bond donors (Lipinski definition) is 2. The molecule has 0 aliphatic heterocycles. The van der Waals surface area contributed by atoms with Gasteiger partial charge in [0.2, 0.25) is 0 Å². The molecule has 0 bridgehead atoms. The molecule has 0 atom stereocenters. The third-order valence-electron chi connectivity index (χ3n) is 3.44. The summed E-state index contributed by atoms with van der Waals surface area (Å²) in [6, 6.07) is 0. The second kappa shape index (κ2) is 7.24. The summed E-state index contributed by atoms with van der Waals surface area (Å²) in [6.45, 7) is 8.00. The molecule has 112 valence electrons. The lowest BCUT2D eigenvalue weighted by Crippen LogP contribution is -2.35. The van der Waals surface area contributed by atoms with E-state index in [1.807, 2.05) is 0 Å². The van der Waals surface area contributed by atoms with Crippen molar-refractivity contribution in [3.8, 4) is 0 Å². The van der Waals surface area contributed by atoms with Gasteiger partial charge in [-0.25, -0.2) is 0 Å². The van der Waals surface area contributed by atoms with Crippen molar-refractivity contribution < 1.29 is 14.7 Å². The van der Waals surface area contributed by atoms with Gasteiger partial charge in [0.05, 0.1) is 6.61 Å². The number of amides is 1. The van der Waals surface area contributed by atoms with E-state index in [9.17, 15) is 9.59 Å². The second-order valence-electron chi connectivity index (χ2n) is 5.05. The molecule has 1 heterocycles. The second-order valence-corrected chi connectivity index (χ2v) is 5.05. The fourth-order valence-electron chi connectivity index (χ4n) is 2.43. The van der Waals surface area contributed by atoms with Crippen LogP contribution in [0.4, 0.5) is 0 Å². The Morgan fingerprint density at radius 2 is 1.90 bits per heavy atom. The van der Waals surface area contributed by atoms with Gasteiger partial charge in [-0.15, -0.1) is 0 Å². The standard InChI is InChI=1S/C15H24N2O3/c1-5-6-7-17(8-9-18)15(20)14-10(2)13(12(4)19)11(3)16-14/h16,18H,5-9H2,1-4H3. The predicted octanol–water partition coefficient (Wildman–Crippen LogP) is 2.07. The Morgan fingerprint density at radius 3 is 2.35 bits per heavy atom. The van der Waals surface area contributed by atoms with Gasteiger partial charge >= 0.3 is 0 Å². The Morgan fingerprint density at radius 1 is 1.25 bits per heavy atom. The first-order chi connectivity index (χ1) is 9.43. The molecule has 5 nitrogen and oxygen atoms in total. The maximum atomic E-state index is 12.5. The van der Waals surface area contributed by atoms with E-state index in [0.29, 0.717) is 29.9 Å². The van der Waals surface area contributed by atoms with Crippen LogP contribution in [-0.2, 0) is 0 Å². The van der Waals surface area contributed by atoms with E-state index >= 15 is 0 Å². The summed E-state index contributed by atoms with van der Waals surface area (Å²) in [5, 5.41) is 9.09. The average Bonchev–Trinajstić information content (AvgIpc) is 2.69. The molecule has 20 heavy (non-hydrogen) atoms. The quantitative estimate of drug-likeness (QED) is 0.751. The molecule has 1 rings (SSSR count). The third-order valence-corrected chi connectivity index (χ3v) is 3.44. The lowest BCUT2D eigenvalue weighted by molar-refractivity contribution is 0.0713. The smallest absolute Gasteiger partial charge is 0.270 e. The van der Waals surface area contributed by atoms with Gasteiger partial charge < -0.3 is 15.0 Å². The highest BCUT2D eigenvalue weighted by Crippen LogP contribution is 2.20. The highest BCUT2D eigenvalue weighted by molar-refractivity contribution is 6.02. The number of unbranched alkanes of at least 4 members (excludes halogenated alkanes) is 1. The molecule has 0 saturated heterocycles. The zero-order valence-electron chi connectivity index (χ0n) is 12.7. The molecule has 1 amide bonds. The van der Waals surface area contributed by atoms with Gasteiger partial charge in [-0.05, 0) is 32.8 Å². The lowest BCUT2D eigenvalue weighted by Gasteiger charge is -2.21. The Kier molecular flexibility index (Phi) is 5.95. The highest BCUT2D eigenvalue weighted by Gasteiger charge is 2.23. The molecular weight excluding hydrogens is 256 g/mol. The molecule has 0 unspecified atom stereocenters. The number of nitrogens with zero attached hydrogens (tertiary/aromatic N) is 1. The fourth-order valence-corrected chi connectivity index (χ4v) is 2.43. The minimum absolute atomic E-state index is 0.0439. The van der Waals surface area contributed by atoms with Gasteiger partial charge in [-0.1, -0.05) is 13.3 Å². The van der Waals surface area contributed by atoms with Crippen molar-refractivity contribution >= 4 is 11.7 Å². The van der Waals surface area contributed by atoms with Crippen molar-refractivity contribution in [2.75, 3.05) is 19.7 Å². The maximum absolute atomic E-state index is 12.5. The molecule has 2 N–H and O–H groups in total. The first-order valence-electron chi connectivity index (χ1n) is 7.04. The number of carbonyl (C=O) groups excluding carboxylic acids is 2. The number of aryl methyl sites for hydroxylation is 1. The summed E-state index contributed by atoms with van der Waals surface area (Å²) in [5.74, 6) is -0.196. The molecule has 1 aromatic heterocycles. The van der Waals surface area contributed by atoms with E-state index < -0.39 is 0 Å². The minimum atomic E-state index is -0.152. The van der Waals surface area contributed by atoms with E-state index in [1.54, 1.807) is 18.7 Å². The van der Waals surface area contributed by atoms with Crippen LogP contribution < -0.4 is 0 Å². The van der Waals surface area contributed by atoms with Crippen LogP contribution in [0, 0.1) is 13.8 Å². The molecule has 0 radical (unpaired) electrons. The summed E-state index contributed by atoms with van der Waals surface area (Å²) in [7, 11) is 0. The number of aliphatic hydroxyl groups is 1.